The maximum atomic E-state index is 11.8. The molecule has 0 aliphatic heterocycles. The van der Waals surface area contributed by atoms with Crippen molar-refractivity contribution in [3.05, 3.63) is 41.7 Å². The van der Waals surface area contributed by atoms with E-state index in [2.05, 4.69) is 25.5 Å². The third kappa shape index (κ3) is 3.61. The fourth-order valence-corrected chi connectivity index (χ4v) is 1.56. The van der Waals surface area contributed by atoms with E-state index in [1.54, 1.807) is 6.20 Å². The van der Waals surface area contributed by atoms with Gasteiger partial charge < -0.3 is 5.32 Å². The van der Waals surface area contributed by atoms with Crippen molar-refractivity contribution in [1.82, 2.24) is 25.5 Å². The molecular weight excluding hydrogens is 242 g/mol. The summed E-state index contributed by atoms with van der Waals surface area (Å²) in [5, 5.41) is 9.43. The molecule has 2 aromatic heterocycles. The maximum absolute atomic E-state index is 11.8. The molecule has 1 amide bonds. The zero-order valence-electron chi connectivity index (χ0n) is 11.1. The number of hydrogen-bond acceptors (Lipinski definition) is 4. The number of amides is 1. The van der Waals surface area contributed by atoms with E-state index in [1.165, 1.54) is 0 Å². The van der Waals surface area contributed by atoms with Gasteiger partial charge >= 0.3 is 0 Å². The number of aromatic nitrogens is 4. The predicted octanol–water partition coefficient (Wildman–Crippen LogP) is 1.30. The third-order valence-corrected chi connectivity index (χ3v) is 2.65. The predicted molar refractivity (Wildman–Crippen MR) is 70.7 cm³/mol. The Morgan fingerprint density at radius 1 is 1.42 bits per heavy atom. The van der Waals surface area contributed by atoms with Crippen LogP contribution >= 0.6 is 0 Å². The summed E-state index contributed by atoms with van der Waals surface area (Å²) in [6.45, 7) is 4.49. The first-order chi connectivity index (χ1) is 9.16. The maximum Gasteiger partial charge on any atom is 0.290 e. The lowest BCUT2D eigenvalue weighted by Gasteiger charge is -2.02. The summed E-state index contributed by atoms with van der Waals surface area (Å²) in [4.78, 5) is 20.1. The van der Waals surface area contributed by atoms with Crippen molar-refractivity contribution >= 4 is 5.91 Å². The van der Waals surface area contributed by atoms with Gasteiger partial charge in [0.05, 0.1) is 0 Å². The van der Waals surface area contributed by atoms with Gasteiger partial charge in [0, 0.05) is 30.8 Å². The minimum absolute atomic E-state index is 0.185. The fraction of sp³-hybridized carbons (Fsp3) is 0.385. The molecule has 2 rings (SSSR count). The summed E-state index contributed by atoms with van der Waals surface area (Å²) < 4.78 is 0. The quantitative estimate of drug-likeness (QED) is 0.847. The number of pyridine rings is 1. The minimum Gasteiger partial charge on any atom is -0.349 e. The zero-order chi connectivity index (χ0) is 13.7. The van der Waals surface area contributed by atoms with Crippen LogP contribution in [0.3, 0.4) is 0 Å². The van der Waals surface area contributed by atoms with Crippen molar-refractivity contribution in [2.45, 2.75) is 26.2 Å². The normalized spacial score (nSPS) is 10.7. The van der Waals surface area contributed by atoms with Crippen molar-refractivity contribution < 1.29 is 4.79 Å². The van der Waals surface area contributed by atoms with Gasteiger partial charge in [0.25, 0.3) is 5.91 Å². The second-order valence-electron chi connectivity index (χ2n) is 4.53. The largest absolute Gasteiger partial charge is 0.349 e. The molecule has 0 saturated heterocycles. The molecule has 6 nitrogen and oxygen atoms in total. The van der Waals surface area contributed by atoms with Gasteiger partial charge in [0.15, 0.2) is 0 Å². The van der Waals surface area contributed by atoms with Crippen molar-refractivity contribution in [3.8, 4) is 0 Å². The van der Waals surface area contributed by atoms with Gasteiger partial charge in [0.2, 0.25) is 5.82 Å². The Balaban J connectivity index is 1.84. The summed E-state index contributed by atoms with van der Waals surface area (Å²) in [7, 11) is 0. The number of rotatable bonds is 5. The molecule has 0 saturated carbocycles. The highest BCUT2D eigenvalue weighted by molar-refractivity contribution is 5.90. The molecule has 19 heavy (non-hydrogen) atoms. The van der Waals surface area contributed by atoms with E-state index < -0.39 is 0 Å². The van der Waals surface area contributed by atoms with Gasteiger partial charge in [-0.3, -0.25) is 14.9 Å². The highest BCUT2D eigenvalue weighted by Crippen LogP contribution is 2.07. The molecule has 100 valence electrons. The monoisotopic (exact) mass is 259 g/mol. The Morgan fingerprint density at radius 3 is 2.89 bits per heavy atom. The Hall–Kier alpha value is -2.24. The number of carbonyl (C=O) groups is 1. The number of hydrogen-bond donors (Lipinski definition) is 2. The van der Waals surface area contributed by atoms with Crippen LogP contribution in [0.5, 0.6) is 0 Å². The molecule has 0 fully saturated rings. The van der Waals surface area contributed by atoms with E-state index in [0.29, 0.717) is 13.0 Å². The number of nitrogens with zero attached hydrogens (tertiary/aromatic N) is 3. The van der Waals surface area contributed by atoms with E-state index in [1.807, 2.05) is 32.0 Å². The van der Waals surface area contributed by atoms with Crippen molar-refractivity contribution in [3.63, 3.8) is 0 Å². The minimum atomic E-state index is -0.265. The van der Waals surface area contributed by atoms with Crippen molar-refractivity contribution in [2.24, 2.45) is 0 Å². The Kier molecular flexibility index (Phi) is 4.22. The SMILES string of the molecule is CC(C)c1nc(C(=O)NCCc2ccccn2)n[nH]1. The summed E-state index contributed by atoms with van der Waals surface area (Å²) in [5.74, 6) is 0.862. The van der Waals surface area contributed by atoms with Gasteiger partial charge in [-0.1, -0.05) is 19.9 Å². The zero-order valence-corrected chi connectivity index (χ0v) is 11.1. The molecule has 2 N–H and O–H groups in total. The van der Waals surface area contributed by atoms with Crippen LogP contribution in [0.25, 0.3) is 0 Å². The summed E-state index contributed by atoms with van der Waals surface area (Å²) in [6, 6.07) is 5.72. The van der Waals surface area contributed by atoms with Crippen LogP contribution in [0.2, 0.25) is 0 Å². The van der Waals surface area contributed by atoms with Crippen LogP contribution in [0.4, 0.5) is 0 Å². The van der Waals surface area contributed by atoms with Crippen LogP contribution in [0.15, 0.2) is 24.4 Å². The van der Waals surface area contributed by atoms with Gasteiger partial charge in [-0.05, 0) is 12.1 Å². The Bertz CT molecular complexity index is 535. The lowest BCUT2D eigenvalue weighted by atomic mass is 10.2. The molecule has 6 heteroatoms. The van der Waals surface area contributed by atoms with Crippen LogP contribution < -0.4 is 5.32 Å². The molecular formula is C13H17N5O. The summed E-state index contributed by atoms with van der Waals surface area (Å²) in [5.41, 5.74) is 0.945. The van der Waals surface area contributed by atoms with Crippen LogP contribution in [-0.4, -0.2) is 32.6 Å². The first kappa shape index (κ1) is 13.2. The van der Waals surface area contributed by atoms with Gasteiger partial charge in [0.1, 0.15) is 5.82 Å². The average molecular weight is 259 g/mol. The smallest absolute Gasteiger partial charge is 0.290 e. The standard InChI is InChI=1S/C13H17N5O/c1-9(2)11-16-12(18-17-11)13(19)15-8-6-10-5-3-4-7-14-10/h3-5,7,9H,6,8H2,1-2H3,(H,15,19)(H,16,17,18). The fourth-order valence-electron chi connectivity index (χ4n) is 1.56. The molecule has 0 aliphatic carbocycles. The Labute approximate surface area is 111 Å². The van der Waals surface area contributed by atoms with Gasteiger partial charge in [-0.25, -0.2) is 4.98 Å². The first-order valence-electron chi connectivity index (χ1n) is 6.27. The van der Waals surface area contributed by atoms with Crippen LogP contribution in [-0.2, 0) is 6.42 Å². The van der Waals surface area contributed by atoms with Crippen LogP contribution in [0, 0.1) is 0 Å². The van der Waals surface area contributed by atoms with Gasteiger partial charge in [-0.2, -0.15) is 0 Å². The second-order valence-corrected chi connectivity index (χ2v) is 4.53. The molecule has 0 aliphatic rings. The molecule has 2 heterocycles. The summed E-state index contributed by atoms with van der Waals surface area (Å²) >= 11 is 0. The van der Waals surface area contributed by atoms with E-state index in [-0.39, 0.29) is 17.6 Å². The highest BCUT2D eigenvalue weighted by Gasteiger charge is 2.13. The lowest BCUT2D eigenvalue weighted by molar-refractivity contribution is 0.0944. The molecule has 0 atom stereocenters. The van der Waals surface area contributed by atoms with Gasteiger partial charge in [-0.15, -0.1) is 5.10 Å². The topological polar surface area (TPSA) is 83.6 Å². The number of carbonyl (C=O) groups excluding carboxylic acids is 1. The molecule has 0 aromatic carbocycles. The number of H-pyrrole nitrogens is 1. The van der Waals surface area contributed by atoms with Crippen LogP contribution in [0.1, 0.15) is 41.9 Å². The van der Waals surface area contributed by atoms with E-state index >= 15 is 0 Å². The van der Waals surface area contributed by atoms with Crippen molar-refractivity contribution in [2.75, 3.05) is 6.54 Å². The molecule has 0 spiro atoms. The molecule has 0 bridgehead atoms. The van der Waals surface area contributed by atoms with E-state index in [4.69, 9.17) is 0 Å². The average Bonchev–Trinajstić information content (AvgIpc) is 2.89. The van der Waals surface area contributed by atoms with Crippen molar-refractivity contribution in [1.29, 1.82) is 0 Å². The van der Waals surface area contributed by atoms with E-state index in [9.17, 15) is 4.79 Å². The lowest BCUT2D eigenvalue weighted by Crippen LogP contribution is -2.27. The Morgan fingerprint density at radius 2 is 2.26 bits per heavy atom. The molecule has 2 aromatic rings. The summed E-state index contributed by atoms with van der Waals surface area (Å²) in [6.07, 6.45) is 2.43. The number of aromatic amines is 1. The molecule has 0 unspecified atom stereocenters. The molecule has 0 radical (unpaired) electrons. The van der Waals surface area contributed by atoms with E-state index in [0.717, 1.165) is 11.5 Å². The second kappa shape index (κ2) is 6.08. The number of nitrogens with one attached hydrogen (secondary N) is 2. The third-order valence-electron chi connectivity index (χ3n) is 2.65. The first-order valence-corrected chi connectivity index (χ1v) is 6.27. The highest BCUT2D eigenvalue weighted by atomic mass is 16.2.